The molecule has 2 atom stereocenters. The van der Waals surface area contributed by atoms with Gasteiger partial charge in [-0.15, -0.1) is 0 Å². The summed E-state index contributed by atoms with van der Waals surface area (Å²) in [6.07, 6.45) is -0.657. The molecule has 0 amide bonds. The largest absolute Gasteiger partial charge is 0.475 e. The van der Waals surface area contributed by atoms with Crippen molar-refractivity contribution < 1.29 is 29.2 Å². The molecule has 0 aliphatic carbocycles. The molecule has 0 spiro atoms. The number of carbonyl (C=O) groups is 1. The molecular formula is C22H25FN2O5. The third-order valence-corrected chi connectivity index (χ3v) is 5.02. The molecule has 0 fully saturated rings. The van der Waals surface area contributed by atoms with Gasteiger partial charge in [-0.05, 0) is 36.2 Å². The summed E-state index contributed by atoms with van der Waals surface area (Å²) in [5.41, 5.74) is 2.97. The second-order valence-corrected chi connectivity index (χ2v) is 7.26. The van der Waals surface area contributed by atoms with Crippen LogP contribution < -0.4 is 0 Å². The molecule has 3 rings (SSSR count). The Hall–Kier alpha value is -2.68. The number of halogens is 1. The number of aromatic nitrogens is 1. The lowest BCUT2D eigenvalue weighted by Crippen LogP contribution is -2.20. The zero-order valence-corrected chi connectivity index (χ0v) is 16.7. The molecule has 160 valence electrons. The summed E-state index contributed by atoms with van der Waals surface area (Å²) in [4.78, 5) is 21.4. The zero-order valence-electron chi connectivity index (χ0n) is 16.7. The molecule has 0 bridgehead atoms. The first kappa shape index (κ1) is 22.0. The van der Waals surface area contributed by atoms with Gasteiger partial charge in [0.2, 0.25) is 5.90 Å². The molecule has 0 radical (unpaired) electrons. The summed E-state index contributed by atoms with van der Waals surface area (Å²) < 4.78 is 18.6. The predicted molar refractivity (Wildman–Crippen MR) is 108 cm³/mol. The molecule has 2 heterocycles. The normalized spacial score (nSPS) is 14.8. The average Bonchev–Trinajstić information content (AvgIpc) is 3.13. The second-order valence-electron chi connectivity index (χ2n) is 7.26. The molecule has 1 aromatic heterocycles. The van der Waals surface area contributed by atoms with Gasteiger partial charge in [-0.2, -0.15) is 0 Å². The van der Waals surface area contributed by atoms with E-state index in [9.17, 15) is 19.4 Å². The Kier molecular flexibility index (Phi) is 7.25. The maximum Gasteiger partial charge on any atom is 0.218 e. The minimum absolute atomic E-state index is 0.0392. The summed E-state index contributed by atoms with van der Waals surface area (Å²) in [7, 11) is 0. The van der Waals surface area contributed by atoms with Gasteiger partial charge in [0.25, 0.3) is 0 Å². The number of ketones is 1. The van der Waals surface area contributed by atoms with Gasteiger partial charge >= 0.3 is 0 Å². The molecule has 3 N–H and O–H groups in total. The lowest BCUT2D eigenvalue weighted by molar-refractivity contribution is -0.119. The third kappa shape index (κ3) is 5.08. The number of nitrogens with zero attached hydrogens (tertiary/aromatic N) is 2. The Morgan fingerprint density at radius 3 is 2.63 bits per heavy atom. The van der Waals surface area contributed by atoms with Crippen molar-refractivity contribution in [2.75, 3.05) is 13.2 Å². The van der Waals surface area contributed by atoms with E-state index in [0.717, 1.165) is 5.56 Å². The molecule has 8 heteroatoms. The molecule has 7 nitrogen and oxygen atoms in total. The van der Waals surface area contributed by atoms with Gasteiger partial charge < -0.3 is 20.1 Å². The highest BCUT2D eigenvalue weighted by molar-refractivity contribution is 5.98. The highest BCUT2D eigenvalue weighted by Gasteiger charge is 2.25. The SMILES string of the molecule is C[C@H](O)[C@@H](CC(=O)Cc1cc2c(c(CO)n1)C(OCCO)=NC2)c1ccc(F)cc1. The Morgan fingerprint density at radius 1 is 1.27 bits per heavy atom. The van der Waals surface area contributed by atoms with Gasteiger partial charge in [-0.25, -0.2) is 9.38 Å². The van der Waals surface area contributed by atoms with Crippen molar-refractivity contribution in [3.05, 3.63) is 64.2 Å². The van der Waals surface area contributed by atoms with Crippen LogP contribution >= 0.6 is 0 Å². The lowest BCUT2D eigenvalue weighted by atomic mass is 9.88. The van der Waals surface area contributed by atoms with Gasteiger partial charge in [-0.1, -0.05) is 12.1 Å². The van der Waals surface area contributed by atoms with E-state index < -0.39 is 12.0 Å². The van der Waals surface area contributed by atoms with E-state index in [1.165, 1.54) is 12.1 Å². The molecular weight excluding hydrogens is 391 g/mol. The van der Waals surface area contributed by atoms with E-state index in [2.05, 4.69) is 9.98 Å². The quantitative estimate of drug-likeness (QED) is 0.573. The molecule has 0 saturated carbocycles. The van der Waals surface area contributed by atoms with Gasteiger partial charge in [0.1, 0.15) is 18.2 Å². The lowest BCUT2D eigenvalue weighted by Gasteiger charge is -2.20. The third-order valence-electron chi connectivity index (χ3n) is 5.02. The van der Waals surface area contributed by atoms with Gasteiger partial charge in [0.15, 0.2) is 0 Å². The van der Waals surface area contributed by atoms with E-state index in [1.807, 2.05) is 0 Å². The van der Waals surface area contributed by atoms with Crippen LogP contribution in [0.2, 0.25) is 0 Å². The maximum atomic E-state index is 13.2. The Balaban J connectivity index is 1.74. The fraction of sp³-hybridized carbons (Fsp3) is 0.409. The van der Waals surface area contributed by atoms with Crippen LogP contribution in [-0.4, -0.2) is 51.3 Å². The van der Waals surface area contributed by atoms with Crippen LogP contribution in [0.3, 0.4) is 0 Å². The molecule has 0 unspecified atom stereocenters. The number of benzene rings is 1. The Labute approximate surface area is 173 Å². The predicted octanol–water partition coefficient (Wildman–Crippen LogP) is 1.65. The van der Waals surface area contributed by atoms with Gasteiger partial charge in [-0.3, -0.25) is 9.78 Å². The molecule has 1 aliphatic heterocycles. The van der Waals surface area contributed by atoms with Crippen molar-refractivity contribution in [1.82, 2.24) is 4.98 Å². The van der Waals surface area contributed by atoms with Crippen molar-refractivity contribution in [3.63, 3.8) is 0 Å². The number of fused-ring (bicyclic) bond motifs is 1. The van der Waals surface area contributed by atoms with Crippen LogP contribution in [0.15, 0.2) is 35.3 Å². The van der Waals surface area contributed by atoms with Crippen LogP contribution in [0.25, 0.3) is 0 Å². The maximum absolute atomic E-state index is 13.2. The summed E-state index contributed by atoms with van der Waals surface area (Å²) in [6.45, 7) is 1.55. The Morgan fingerprint density at radius 2 is 2.00 bits per heavy atom. The summed E-state index contributed by atoms with van der Waals surface area (Å²) in [5, 5.41) is 28.8. The number of Topliss-reactive ketones (excluding diaryl/α,β-unsaturated/α-hetero) is 1. The standard InChI is InChI=1S/C22H25FN2O5/c1-13(28)19(14-2-4-16(23)5-3-14)10-18(29)9-17-8-15-11-24-22(30-7-6-26)21(15)20(12-27)25-17/h2-5,8,13,19,26-28H,6-7,9-12H2,1H3/t13-,19+/m0/s1. The molecule has 2 aromatic rings. The molecule has 1 aromatic carbocycles. The smallest absolute Gasteiger partial charge is 0.218 e. The van der Waals surface area contributed by atoms with Gasteiger partial charge in [0, 0.05) is 24.5 Å². The summed E-state index contributed by atoms with van der Waals surface area (Å²) in [5.74, 6) is -0.624. The first-order chi connectivity index (χ1) is 14.4. The van der Waals surface area contributed by atoms with E-state index in [-0.39, 0.29) is 44.3 Å². The van der Waals surface area contributed by atoms with Gasteiger partial charge in [0.05, 0.1) is 37.1 Å². The number of aliphatic imine (C=N–C) groups is 1. The van der Waals surface area contributed by atoms with Crippen LogP contribution in [0.4, 0.5) is 4.39 Å². The molecule has 0 saturated heterocycles. The fourth-order valence-electron chi connectivity index (χ4n) is 3.60. The highest BCUT2D eigenvalue weighted by Crippen LogP contribution is 2.27. The molecule has 30 heavy (non-hydrogen) atoms. The Bertz CT molecular complexity index is 928. The van der Waals surface area contributed by atoms with E-state index in [4.69, 9.17) is 9.84 Å². The number of hydrogen-bond donors (Lipinski definition) is 3. The summed E-state index contributed by atoms with van der Waals surface area (Å²) >= 11 is 0. The first-order valence-corrected chi connectivity index (χ1v) is 9.79. The van der Waals surface area contributed by atoms with Crippen molar-refractivity contribution in [1.29, 1.82) is 0 Å². The van der Waals surface area contributed by atoms with Crippen molar-refractivity contribution in [3.8, 4) is 0 Å². The minimum Gasteiger partial charge on any atom is -0.475 e. The minimum atomic E-state index is -0.778. The molecule has 1 aliphatic rings. The zero-order chi connectivity index (χ0) is 21.7. The van der Waals surface area contributed by atoms with Crippen molar-refractivity contribution in [2.24, 2.45) is 4.99 Å². The topological polar surface area (TPSA) is 112 Å². The van der Waals surface area contributed by atoms with Crippen molar-refractivity contribution >= 4 is 11.7 Å². The highest BCUT2D eigenvalue weighted by atomic mass is 19.1. The number of rotatable bonds is 9. The van der Waals surface area contributed by atoms with Crippen LogP contribution in [0.5, 0.6) is 0 Å². The number of ether oxygens (including phenoxy) is 1. The second kappa shape index (κ2) is 9.88. The number of aliphatic hydroxyl groups is 3. The van der Waals surface area contributed by atoms with Crippen LogP contribution in [-0.2, 0) is 29.1 Å². The number of carbonyl (C=O) groups excluding carboxylic acids is 1. The number of pyridine rings is 1. The monoisotopic (exact) mass is 416 g/mol. The van der Waals surface area contributed by atoms with E-state index >= 15 is 0 Å². The summed E-state index contributed by atoms with van der Waals surface area (Å²) in [6, 6.07) is 7.52. The number of aliphatic hydroxyl groups excluding tert-OH is 3. The fourth-order valence-corrected chi connectivity index (χ4v) is 3.60. The van der Waals surface area contributed by atoms with Crippen LogP contribution in [0, 0.1) is 5.82 Å². The van der Waals surface area contributed by atoms with E-state index in [0.29, 0.717) is 35.0 Å². The average molecular weight is 416 g/mol. The van der Waals surface area contributed by atoms with Crippen molar-refractivity contribution in [2.45, 2.75) is 44.9 Å². The number of hydrogen-bond acceptors (Lipinski definition) is 7. The first-order valence-electron chi connectivity index (χ1n) is 9.79. The van der Waals surface area contributed by atoms with Crippen LogP contribution in [0.1, 0.15) is 47.3 Å². The van der Waals surface area contributed by atoms with E-state index in [1.54, 1.807) is 25.1 Å².